The van der Waals surface area contributed by atoms with Gasteiger partial charge in [0.1, 0.15) is 0 Å². The smallest absolute Gasteiger partial charge is 0.335 e. The molecule has 0 radical (unpaired) electrons. The van der Waals surface area contributed by atoms with Gasteiger partial charge in [-0.15, -0.1) is 0 Å². The van der Waals surface area contributed by atoms with E-state index in [0.717, 1.165) is 24.9 Å². The molecule has 7 heteroatoms. The Hall–Kier alpha value is -2.41. The minimum Gasteiger partial charge on any atom is -0.478 e. The van der Waals surface area contributed by atoms with Crippen LogP contribution in [0.1, 0.15) is 34.7 Å². The van der Waals surface area contributed by atoms with E-state index in [-0.39, 0.29) is 36.4 Å². The standard InChI is InChI=1S/C18H23N3O4/c22-16-11-20(9-7-19-16)12-17(23)21-8-1-2-15(10-21)13-3-5-14(6-4-13)18(24)25/h3-6,15H,1-2,7-12H2,(H,19,22)(H,24,25). The molecule has 1 unspecified atom stereocenters. The van der Waals surface area contributed by atoms with Gasteiger partial charge < -0.3 is 15.3 Å². The van der Waals surface area contributed by atoms with E-state index in [1.54, 1.807) is 12.1 Å². The molecule has 2 fully saturated rings. The second-order valence-corrected chi connectivity index (χ2v) is 6.67. The van der Waals surface area contributed by atoms with Crippen LogP contribution >= 0.6 is 0 Å². The van der Waals surface area contributed by atoms with Gasteiger partial charge >= 0.3 is 5.97 Å². The van der Waals surface area contributed by atoms with E-state index in [9.17, 15) is 14.4 Å². The highest BCUT2D eigenvalue weighted by Gasteiger charge is 2.27. The number of aromatic carboxylic acids is 1. The Morgan fingerprint density at radius 1 is 1.20 bits per heavy atom. The lowest BCUT2D eigenvalue weighted by Crippen LogP contribution is -2.52. The molecule has 0 aliphatic carbocycles. The van der Waals surface area contributed by atoms with E-state index < -0.39 is 5.97 Å². The van der Waals surface area contributed by atoms with E-state index >= 15 is 0 Å². The summed E-state index contributed by atoms with van der Waals surface area (Å²) in [7, 11) is 0. The van der Waals surface area contributed by atoms with Crippen LogP contribution in [0.2, 0.25) is 0 Å². The number of amides is 2. The first-order valence-corrected chi connectivity index (χ1v) is 8.63. The first kappa shape index (κ1) is 17.4. The molecule has 1 aromatic rings. The third-order valence-corrected chi connectivity index (χ3v) is 4.88. The lowest BCUT2D eigenvalue weighted by Gasteiger charge is -2.35. The number of likely N-dealkylation sites (tertiary alicyclic amines) is 1. The Kier molecular flexibility index (Phi) is 5.33. The van der Waals surface area contributed by atoms with E-state index in [4.69, 9.17) is 5.11 Å². The molecule has 0 aromatic heterocycles. The van der Waals surface area contributed by atoms with Crippen molar-refractivity contribution in [3.05, 3.63) is 35.4 Å². The summed E-state index contributed by atoms with van der Waals surface area (Å²) in [6, 6.07) is 6.92. The number of piperidine rings is 1. The summed E-state index contributed by atoms with van der Waals surface area (Å²) in [5.74, 6) is -0.682. The number of hydrogen-bond donors (Lipinski definition) is 2. The first-order chi connectivity index (χ1) is 12.0. The fourth-order valence-corrected chi connectivity index (χ4v) is 3.49. The predicted molar refractivity (Wildman–Crippen MR) is 91.4 cm³/mol. The maximum absolute atomic E-state index is 12.6. The zero-order valence-corrected chi connectivity index (χ0v) is 14.1. The lowest BCUT2D eigenvalue weighted by molar-refractivity contribution is -0.135. The highest BCUT2D eigenvalue weighted by Crippen LogP contribution is 2.27. The third kappa shape index (κ3) is 4.36. The van der Waals surface area contributed by atoms with Crippen LogP contribution in [0.25, 0.3) is 0 Å². The number of carboxylic acid groups (broad SMARTS) is 1. The van der Waals surface area contributed by atoms with Crippen molar-refractivity contribution in [2.24, 2.45) is 0 Å². The molecule has 1 aromatic carbocycles. The van der Waals surface area contributed by atoms with Gasteiger partial charge in [0.2, 0.25) is 11.8 Å². The van der Waals surface area contributed by atoms with Crippen LogP contribution < -0.4 is 5.32 Å². The largest absolute Gasteiger partial charge is 0.478 e. The second-order valence-electron chi connectivity index (χ2n) is 6.67. The zero-order chi connectivity index (χ0) is 17.8. The van der Waals surface area contributed by atoms with Gasteiger partial charge in [0, 0.05) is 32.1 Å². The molecule has 2 aliphatic heterocycles. The minimum absolute atomic E-state index is 0.0332. The number of carbonyl (C=O) groups excluding carboxylic acids is 2. The highest BCUT2D eigenvalue weighted by atomic mass is 16.4. The number of rotatable bonds is 4. The Morgan fingerprint density at radius 2 is 1.96 bits per heavy atom. The molecule has 2 amide bonds. The van der Waals surface area contributed by atoms with Gasteiger partial charge in [-0.3, -0.25) is 14.5 Å². The number of carbonyl (C=O) groups is 3. The minimum atomic E-state index is -0.933. The van der Waals surface area contributed by atoms with Gasteiger partial charge in [-0.2, -0.15) is 0 Å². The molecule has 0 saturated carbocycles. The third-order valence-electron chi connectivity index (χ3n) is 4.88. The molecule has 2 saturated heterocycles. The van der Waals surface area contributed by atoms with Crippen LogP contribution in [-0.4, -0.2) is 72.0 Å². The van der Waals surface area contributed by atoms with Crippen LogP contribution in [0.4, 0.5) is 0 Å². The summed E-state index contributed by atoms with van der Waals surface area (Å²) in [5, 5.41) is 11.7. The van der Waals surface area contributed by atoms with E-state index in [1.807, 2.05) is 21.9 Å². The molecule has 134 valence electrons. The number of carboxylic acids is 1. The van der Waals surface area contributed by atoms with E-state index in [1.165, 1.54) is 0 Å². The summed E-state index contributed by atoms with van der Waals surface area (Å²) in [6.45, 7) is 3.22. The molecule has 0 spiro atoms. The molecular weight excluding hydrogens is 322 g/mol. The van der Waals surface area contributed by atoms with Gasteiger partial charge in [0.25, 0.3) is 0 Å². The van der Waals surface area contributed by atoms with Crippen LogP contribution in [0.15, 0.2) is 24.3 Å². The van der Waals surface area contributed by atoms with Gasteiger partial charge in [0.05, 0.1) is 18.7 Å². The molecule has 2 N–H and O–H groups in total. The number of nitrogens with zero attached hydrogens (tertiary/aromatic N) is 2. The molecule has 2 heterocycles. The summed E-state index contributed by atoms with van der Waals surface area (Å²) < 4.78 is 0. The van der Waals surface area contributed by atoms with Gasteiger partial charge in [0.15, 0.2) is 0 Å². The lowest BCUT2D eigenvalue weighted by atomic mass is 9.90. The topological polar surface area (TPSA) is 90.0 Å². The van der Waals surface area contributed by atoms with Crippen LogP contribution in [-0.2, 0) is 9.59 Å². The molecule has 3 rings (SSSR count). The Balaban J connectivity index is 1.59. The number of piperazine rings is 1. The van der Waals surface area contributed by atoms with Crippen molar-refractivity contribution < 1.29 is 19.5 Å². The highest BCUT2D eigenvalue weighted by molar-refractivity contribution is 5.87. The zero-order valence-electron chi connectivity index (χ0n) is 14.1. The summed E-state index contributed by atoms with van der Waals surface area (Å²) in [4.78, 5) is 38.7. The monoisotopic (exact) mass is 345 g/mol. The Labute approximate surface area is 146 Å². The fraction of sp³-hybridized carbons (Fsp3) is 0.500. The molecule has 1 atom stereocenters. The maximum Gasteiger partial charge on any atom is 0.335 e. The number of nitrogens with one attached hydrogen (secondary N) is 1. The van der Waals surface area contributed by atoms with Crippen molar-refractivity contribution in [2.45, 2.75) is 18.8 Å². The Morgan fingerprint density at radius 3 is 2.64 bits per heavy atom. The quantitative estimate of drug-likeness (QED) is 0.830. The van der Waals surface area contributed by atoms with Crippen molar-refractivity contribution in [3.8, 4) is 0 Å². The van der Waals surface area contributed by atoms with Gasteiger partial charge in [-0.05, 0) is 30.5 Å². The molecule has 2 aliphatic rings. The average molecular weight is 345 g/mol. The van der Waals surface area contributed by atoms with Crippen molar-refractivity contribution in [2.75, 3.05) is 39.3 Å². The second kappa shape index (κ2) is 7.65. The fourth-order valence-electron chi connectivity index (χ4n) is 3.49. The van der Waals surface area contributed by atoms with Gasteiger partial charge in [-0.1, -0.05) is 12.1 Å². The van der Waals surface area contributed by atoms with E-state index in [2.05, 4.69) is 5.32 Å². The molecule has 25 heavy (non-hydrogen) atoms. The van der Waals surface area contributed by atoms with Crippen LogP contribution in [0.3, 0.4) is 0 Å². The van der Waals surface area contributed by atoms with Crippen molar-refractivity contribution in [3.63, 3.8) is 0 Å². The normalized spacial score (nSPS) is 21.7. The number of benzene rings is 1. The summed E-state index contributed by atoms with van der Waals surface area (Å²) in [6.07, 6.45) is 1.92. The SMILES string of the molecule is O=C1CN(CC(=O)N2CCCC(c3ccc(C(=O)O)cc3)C2)CCN1. The van der Waals surface area contributed by atoms with Crippen molar-refractivity contribution >= 4 is 17.8 Å². The maximum atomic E-state index is 12.6. The van der Waals surface area contributed by atoms with E-state index in [0.29, 0.717) is 19.6 Å². The first-order valence-electron chi connectivity index (χ1n) is 8.63. The van der Waals surface area contributed by atoms with Crippen molar-refractivity contribution in [1.29, 1.82) is 0 Å². The average Bonchev–Trinajstić information content (AvgIpc) is 2.62. The summed E-state index contributed by atoms with van der Waals surface area (Å²) in [5.41, 5.74) is 1.34. The van der Waals surface area contributed by atoms with Crippen molar-refractivity contribution in [1.82, 2.24) is 15.1 Å². The number of hydrogen-bond acceptors (Lipinski definition) is 4. The molecule has 0 bridgehead atoms. The summed E-state index contributed by atoms with van der Waals surface area (Å²) >= 11 is 0. The molecular formula is C18H23N3O4. The Bertz CT molecular complexity index is 659. The molecule has 7 nitrogen and oxygen atoms in total. The van der Waals surface area contributed by atoms with Crippen LogP contribution in [0, 0.1) is 0 Å². The van der Waals surface area contributed by atoms with Gasteiger partial charge in [-0.25, -0.2) is 4.79 Å². The predicted octanol–water partition coefficient (Wildman–Crippen LogP) is 0.523. The van der Waals surface area contributed by atoms with Crippen LogP contribution in [0.5, 0.6) is 0 Å².